The fourth-order valence-corrected chi connectivity index (χ4v) is 6.18. The lowest BCUT2D eigenvalue weighted by Crippen LogP contribution is -2.44. The molecule has 4 nitrogen and oxygen atoms in total. The van der Waals surface area contributed by atoms with Crippen molar-refractivity contribution >= 4 is 12.0 Å². The van der Waals surface area contributed by atoms with E-state index < -0.39 is 0 Å². The highest BCUT2D eigenvalue weighted by Gasteiger charge is 2.36. The van der Waals surface area contributed by atoms with Crippen molar-refractivity contribution in [3.63, 3.8) is 0 Å². The maximum Gasteiger partial charge on any atom is 0.133 e. The van der Waals surface area contributed by atoms with Gasteiger partial charge in [-0.05, 0) is 112 Å². The van der Waals surface area contributed by atoms with Crippen LogP contribution in [0.2, 0.25) is 0 Å². The highest BCUT2D eigenvalue weighted by molar-refractivity contribution is 5.52. The lowest BCUT2D eigenvalue weighted by molar-refractivity contribution is -0.108. The van der Waals surface area contributed by atoms with E-state index in [9.17, 15) is 9.90 Å². The first-order valence-electron chi connectivity index (χ1n) is 14.4. The Hall–Kier alpha value is -3.11. The van der Waals surface area contributed by atoms with Crippen LogP contribution in [0.25, 0.3) is 0 Å². The Labute approximate surface area is 229 Å². The number of hydrogen-bond donors (Lipinski definition) is 1. The first kappa shape index (κ1) is 27.9. The first-order chi connectivity index (χ1) is 18.7. The number of aldehydes is 1. The molecule has 0 amide bonds. The predicted molar refractivity (Wildman–Crippen MR) is 158 cm³/mol. The number of carbonyl (C=O) groups is 1. The Kier molecular flexibility index (Phi) is 10.8. The molecular formula is C34H44N2O2. The molecule has 2 aliphatic heterocycles. The largest absolute Gasteiger partial charge is 0.508 e. The fourth-order valence-electron chi connectivity index (χ4n) is 6.18. The number of aromatic hydroxyl groups is 1. The SMILES string of the molecule is O=CCN1CCCC2(CCCN(c3ccccc3)C2)CC1.Oc1ccc2c(c1)CCCC2.c1ccccc1. The molecule has 0 bridgehead atoms. The van der Waals surface area contributed by atoms with Crippen molar-refractivity contribution in [2.75, 3.05) is 37.6 Å². The summed E-state index contributed by atoms with van der Waals surface area (Å²) in [6.07, 6.45) is 12.4. The van der Waals surface area contributed by atoms with Gasteiger partial charge in [0.05, 0.1) is 6.54 Å². The van der Waals surface area contributed by atoms with Crippen molar-refractivity contribution in [3.8, 4) is 5.75 Å². The summed E-state index contributed by atoms with van der Waals surface area (Å²) in [5.74, 6) is 0.408. The van der Waals surface area contributed by atoms with E-state index in [4.69, 9.17) is 0 Å². The number of likely N-dealkylation sites (tertiary alicyclic amines) is 1. The van der Waals surface area contributed by atoms with E-state index in [0.29, 0.717) is 17.7 Å². The Balaban J connectivity index is 0.000000163. The highest BCUT2D eigenvalue weighted by Crippen LogP contribution is 2.41. The molecule has 1 aliphatic carbocycles. The molecule has 202 valence electrons. The lowest BCUT2D eigenvalue weighted by Gasteiger charge is -2.44. The molecule has 2 saturated heterocycles. The van der Waals surface area contributed by atoms with E-state index in [-0.39, 0.29) is 0 Å². The van der Waals surface area contributed by atoms with Gasteiger partial charge in [0, 0.05) is 18.8 Å². The summed E-state index contributed by atoms with van der Waals surface area (Å²) < 4.78 is 0. The number of carbonyl (C=O) groups excluding carboxylic acids is 1. The molecule has 1 atom stereocenters. The van der Waals surface area contributed by atoms with Crippen molar-refractivity contribution < 1.29 is 9.90 Å². The Morgan fingerprint density at radius 2 is 1.34 bits per heavy atom. The van der Waals surface area contributed by atoms with Gasteiger partial charge in [-0.1, -0.05) is 60.7 Å². The monoisotopic (exact) mass is 512 g/mol. The predicted octanol–water partition coefficient (Wildman–Crippen LogP) is 6.92. The topological polar surface area (TPSA) is 43.8 Å². The number of aryl methyl sites for hydroxylation is 2. The average molecular weight is 513 g/mol. The fraction of sp³-hybridized carbons (Fsp3) is 0.441. The number of rotatable bonds is 3. The van der Waals surface area contributed by atoms with Gasteiger partial charge < -0.3 is 14.8 Å². The number of para-hydroxylation sites is 1. The number of phenolic OH excluding ortho intramolecular Hbond substituents is 1. The summed E-state index contributed by atoms with van der Waals surface area (Å²) in [5, 5.41) is 9.19. The number of phenols is 1. The minimum Gasteiger partial charge on any atom is -0.508 e. The maximum absolute atomic E-state index is 10.7. The summed E-state index contributed by atoms with van der Waals surface area (Å²) >= 11 is 0. The quantitative estimate of drug-likeness (QED) is 0.387. The van der Waals surface area contributed by atoms with Gasteiger partial charge in [-0.3, -0.25) is 4.90 Å². The van der Waals surface area contributed by atoms with Crippen LogP contribution in [-0.2, 0) is 17.6 Å². The van der Waals surface area contributed by atoms with Gasteiger partial charge in [0.25, 0.3) is 0 Å². The summed E-state index contributed by atoms with van der Waals surface area (Å²) in [5.41, 5.74) is 4.60. The minimum atomic E-state index is 0.408. The molecule has 2 heterocycles. The van der Waals surface area contributed by atoms with Crippen molar-refractivity contribution in [2.24, 2.45) is 5.41 Å². The van der Waals surface area contributed by atoms with Gasteiger partial charge in [0.1, 0.15) is 12.0 Å². The van der Waals surface area contributed by atoms with Crippen LogP contribution in [0.15, 0.2) is 84.9 Å². The molecule has 4 heteroatoms. The molecule has 0 aromatic heterocycles. The first-order valence-corrected chi connectivity index (χ1v) is 14.4. The van der Waals surface area contributed by atoms with Gasteiger partial charge in [-0.2, -0.15) is 0 Å². The van der Waals surface area contributed by atoms with Crippen LogP contribution in [0.1, 0.15) is 56.1 Å². The van der Waals surface area contributed by atoms with Gasteiger partial charge in [0.15, 0.2) is 0 Å². The summed E-state index contributed by atoms with van der Waals surface area (Å²) in [6.45, 7) is 5.15. The second kappa shape index (κ2) is 14.7. The molecule has 1 spiro atoms. The normalized spacial score (nSPS) is 21.1. The molecule has 3 aliphatic rings. The molecule has 6 rings (SSSR count). The second-order valence-electron chi connectivity index (χ2n) is 11.0. The van der Waals surface area contributed by atoms with Gasteiger partial charge in [0.2, 0.25) is 0 Å². The Morgan fingerprint density at radius 3 is 2.03 bits per heavy atom. The highest BCUT2D eigenvalue weighted by atomic mass is 16.3. The zero-order chi connectivity index (χ0) is 26.5. The van der Waals surface area contributed by atoms with Crippen LogP contribution >= 0.6 is 0 Å². The molecule has 2 fully saturated rings. The molecular weight excluding hydrogens is 468 g/mol. The number of hydrogen-bond acceptors (Lipinski definition) is 4. The number of anilines is 1. The molecule has 0 saturated carbocycles. The minimum absolute atomic E-state index is 0.408. The van der Waals surface area contributed by atoms with Gasteiger partial charge in [-0.15, -0.1) is 0 Å². The van der Waals surface area contributed by atoms with Gasteiger partial charge in [-0.25, -0.2) is 0 Å². The number of benzene rings is 3. The van der Waals surface area contributed by atoms with E-state index in [2.05, 4.69) is 40.1 Å². The van der Waals surface area contributed by atoms with Crippen molar-refractivity contribution in [1.29, 1.82) is 0 Å². The van der Waals surface area contributed by atoms with Crippen LogP contribution in [0.5, 0.6) is 5.75 Å². The van der Waals surface area contributed by atoms with Crippen LogP contribution < -0.4 is 4.90 Å². The Bertz CT molecular complexity index is 1060. The van der Waals surface area contributed by atoms with Gasteiger partial charge >= 0.3 is 0 Å². The van der Waals surface area contributed by atoms with Crippen molar-refractivity contribution in [3.05, 3.63) is 96.1 Å². The molecule has 38 heavy (non-hydrogen) atoms. The summed E-state index contributed by atoms with van der Waals surface area (Å²) in [4.78, 5) is 15.6. The molecule has 1 unspecified atom stereocenters. The van der Waals surface area contributed by atoms with E-state index >= 15 is 0 Å². The van der Waals surface area contributed by atoms with E-state index in [1.165, 1.54) is 81.3 Å². The van der Waals surface area contributed by atoms with Crippen LogP contribution in [0, 0.1) is 5.41 Å². The van der Waals surface area contributed by atoms with E-state index in [0.717, 1.165) is 25.8 Å². The molecule has 0 radical (unpaired) electrons. The number of nitrogens with zero attached hydrogens (tertiary/aromatic N) is 2. The number of fused-ring (bicyclic) bond motifs is 1. The molecule has 3 aromatic rings. The smallest absolute Gasteiger partial charge is 0.133 e. The van der Waals surface area contributed by atoms with E-state index in [1.54, 1.807) is 6.07 Å². The standard InChI is InChI=1S/C18H26N2O.C10H12O.C6H6/c21-15-14-19-11-4-8-18(10-13-19)9-5-12-20(16-18)17-6-2-1-3-7-17;11-10-6-5-8-3-1-2-4-9(8)7-10;1-2-4-6-5-3-1/h1-3,6-7,15H,4-5,8-14,16H2;5-7,11H,1-4H2;1-6H. The van der Waals surface area contributed by atoms with E-state index in [1.807, 2.05) is 48.5 Å². The zero-order valence-corrected chi connectivity index (χ0v) is 22.8. The Morgan fingerprint density at radius 1 is 0.711 bits per heavy atom. The third-order valence-electron chi connectivity index (χ3n) is 8.25. The lowest BCUT2D eigenvalue weighted by atomic mass is 9.74. The van der Waals surface area contributed by atoms with Crippen molar-refractivity contribution in [1.82, 2.24) is 4.90 Å². The number of piperidine rings is 1. The third-order valence-corrected chi connectivity index (χ3v) is 8.25. The zero-order valence-electron chi connectivity index (χ0n) is 22.8. The van der Waals surface area contributed by atoms with Crippen LogP contribution in [-0.4, -0.2) is 49.0 Å². The van der Waals surface area contributed by atoms with Crippen LogP contribution in [0.3, 0.4) is 0 Å². The van der Waals surface area contributed by atoms with Crippen molar-refractivity contribution in [2.45, 2.75) is 57.8 Å². The molecule has 1 N–H and O–H groups in total. The summed E-state index contributed by atoms with van der Waals surface area (Å²) in [6, 6.07) is 28.5. The summed E-state index contributed by atoms with van der Waals surface area (Å²) in [7, 11) is 0. The second-order valence-corrected chi connectivity index (χ2v) is 11.0. The molecule has 3 aromatic carbocycles. The maximum atomic E-state index is 10.7. The average Bonchev–Trinajstić information content (AvgIpc) is 3.17. The van der Waals surface area contributed by atoms with Crippen LogP contribution in [0.4, 0.5) is 5.69 Å². The third kappa shape index (κ3) is 8.46.